The minimum atomic E-state index is -3.90. The Morgan fingerprint density at radius 2 is 1.54 bits per heavy atom. The summed E-state index contributed by atoms with van der Waals surface area (Å²) in [5.74, 6) is -0.547. The Balaban J connectivity index is 2.01. The number of methoxy groups -OCH3 is 2. The number of primary sulfonamides is 1. The largest absolute Gasteiger partial charge is 0.493 e. The zero-order valence-corrected chi connectivity index (χ0v) is 16.4. The molecule has 2 aromatic carbocycles. The maximum Gasteiger partial charge on any atom is 0.277 e. The third kappa shape index (κ3) is 3.35. The van der Waals surface area contributed by atoms with Crippen molar-refractivity contribution in [1.29, 1.82) is 0 Å². The molecule has 0 bridgehead atoms. The van der Waals surface area contributed by atoms with E-state index >= 15 is 0 Å². The van der Waals surface area contributed by atoms with Crippen LogP contribution in [0.25, 0.3) is 5.57 Å². The topological polar surface area (TPSA) is 116 Å². The normalized spacial score (nSPS) is 14.6. The van der Waals surface area contributed by atoms with Crippen molar-refractivity contribution in [2.24, 2.45) is 5.14 Å². The van der Waals surface area contributed by atoms with Crippen LogP contribution in [0.5, 0.6) is 11.5 Å². The van der Waals surface area contributed by atoms with Crippen LogP contribution in [0.1, 0.15) is 5.56 Å². The van der Waals surface area contributed by atoms with E-state index in [9.17, 15) is 18.0 Å². The number of anilines is 1. The molecule has 2 N–H and O–H groups in total. The molecule has 0 saturated heterocycles. The van der Waals surface area contributed by atoms with E-state index in [1.165, 1.54) is 44.6 Å². The fraction of sp³-hybridized carbons (Fsp3) is 0.111. The molecule has 0 saturated carbocycles. The number of rotatable bonds is 5. The summed E-state index contributed by atoms with van der Waals surface area (Å²) in [6, 6.07) is 9.72. The van der Waals surface area contributed by atoms with E-state index in [1.807, 2.05) is 0 Å². The van der Waals surface area contributed by atoms with Crippen LogP contribution in [-0.4, -0.2) is 34.5 Å². The number of sulfonamides is 1. The summed E-state index contributed by atoms with van der Waals surface area (Å²) in [5, 5.41) is 4.80. The van der Waals surface area contributed by atoms with Gasteiger partial charge in [-0.25, -0.2) is 18.5 Å². The summed E-state index contributed by atoms with van der Waals surface area (Å²) in [7, 11) is -0.983. The first-order valence-electron chi connectivity index (χ1n) is 7.83. The Bertz CT molecular complexity index is 1110. The van der Waals surface area contributed by atoms with Gasteiger partial charge in [-0.05, 0) is 42.0 Å². The highest BCUT2D eigenvalue weighted by atomic mass is 35.5. The fourth-order valence-electron chi connectivity index (χ4n) is 2.76. The van der Waals surface area contributed by atoms with Crippen LogP contribution in [0.4, 0.5) is 5.69 Å². The molecule has 0 aromatic heterocycles. The second-order valence-electron chi connectivity index (χ2n) is 5.74. The zero-order chi connectivity index (χ0) is 20.6. The van der Waals surface area contributed by atoms with Gasteiger partial charge in [0, 0.05) is 0 Å². The van der Waals surface area contributed by atoms with Gasteiger partial charge < -0.3 is 9.47 Å². The molecule has 1 aliphatic heterocycles. The number of amides is 2. The molecule has 10 heteroatoms. The molecule has 2 aromatic rings. The van der Waals surface area contributed by atoms with Crippen molar-refractivity contribution in [3.05, 3.63) is 53.1 Å². The summed E-state index contributed by atoms with van der Waals surface area (Å²) >= 11 is 6.16. The molecule has 8 nitrogen and oxygen atoms in total. The average Bonchev–Trinajstić information content (AvgIpc) is 2.89. The van der Waals surface area contributed by atoms with E-state index in [0.717, 1.165) is 4.90 Å². The Morgan fingerprint density at radius 1 is 0.929 bits per heavy atom. The minimum absolute atomic E-state index is 0.00291. The Labute approximate surface area is 166 Å². The standard InChI is InChI=1S/C18H15ClN2O6S/c1-26-13-8-3-10(9-14(13)27-2)15-16(19)18(23)21(17(15)22)11-4-6-12(7-5-11)28(20,24)25/h3-9H,1-2H3,(H2,20,24,25). The van der Waals surface area contributed by atoms with E-state index < -0.39 is 21.8 Å². The van der Waals surface area contributed by atoms with Gasteiger partial charge in [-0.2, -0.15) is 0 Å². The van der Waals surface area contributed by atoms with Crippen molar-refractivity contribution >= 4 is 44.7 Å². The molecule has 0 aliphatic carbocycles. The number of halogens is 1. The molecular weight excluding hydrogens is 408 g/mol. The summed E-state index contributed by atoms with van der Waals surface area (Å²) in [6.45, 7) is 0. The number of ether oxygens (including phenoxy) is 2. The van der Waals surface area contributed by atoms with Gasteiger partial charge in [0.1, 0.15) is 5.03 Å². The van der Waals surface area contributed by atoms with Gasteiger partial charge in [0.25, 0.3) is 11.8 Å². The molecule has 28 heavy (non-hydrogen) atoms. The number of carbonyl (C=O) groups excluding carboxylic acids is 2. The first-order chi connectivity index (χ1) is 13.2. The Hall–Kier alpha value is -2.88. The quantitative estimate of drug-likeness (QED) is 0.735. The number of imide groups is 1. The lowest BCUT2D eigenvalue weighted by Crippen LogP contribution is -2.31. The van der Waals surface area contributed by atoms with Gasteiger partial charge in [-0.15, -0.1) is 0 Å². The smallest absolute Gasteiger partial charge is 0.277 e. The first-order valence-corrected chi connectivity index (χ1v) is 9.75. The van der Waals surface area contributed by atoms with Gasteiger partial charge in [-0.1, -0.05) is 17.7 Å². The van der Waals surface area contributed by atoms with Crippen molar-refractivity contribution < 1.29 is 27.5 Å². The SMILES string of the molecule is COc1ccc(C2=C(Cl)C(=O)N(c3ccc(S(N)(=O)=O)cc3)C2=O)cc1OC. The number of benzene rings is 2. The number of hydrogen-bond donors (Lipinski definition) is 1. The van der Waals surface area contributed by atoms with Crippen molar-refractivity contribution in [3.8, 4) is 11.5 Å². The van der Waals surface area contributed by atoms with Crippen molar-refractivity contribution in [2.45, 2.75) is 4.90 Å². The van der Waals surface area contributed by atoms with E-state index in [0.29, 0.717) is 17.1 Å². The second-order valence-corrected chi connectivity index (χ2v) is 7.68. The molecular formula is C18H15ClN2O6S. The molecule has 1 heterocycles. The lowest BCUT2D eigenvalue weighted by atomic mass is 10.1. The fourth-order valence-corrected chi connectivity index (χ4v) is 3.55. The van der Waals surface area contributed by atoms with Crippen LogP contribution >= 0.6 is 11.6 Å². The lowest BCUT2D eigenvalue weighted by Gasteiger charge is -2.15. The average molecular weight is 423 g/mol. The van der Waals surface area contributed by atoms with Gasteiger partial charge in [0.15, 0.2) is 11.5 Å². The molecule has 0 spiro atoms. The molecule has 146 valence electrons. The van der Waals surface area contributed by atoms with Gasteiger partial charge in [-0.3, -0.25) is 9.59 Å². The number of carbonyl (C=O) groups is 2. The van der Waals surface area contributed by atoms with Crippen molar-refractivity contribution in [3.63, 3.8) is 0 Å². The number of hydrogen-bond acceptors (Lipinski definition) is 6. The molecule has 0 fully saturated rings. The van der Waals surface area contributed by atoms with Crippen molar-refractivity contribution in [1.82, 2.24) is 0 Å². The van der Waals surface area contributed by atoms with Crippen LogP contribution in [0.2, 0.25) is 0 Å². The van der Waals surface area contributed by atoms with Crippen LogP contribution in [0.15, 0.2) is 52.4 Å². The predicted molar refractivity (Wildman–Crippen MR) is 103 cm³/mol. The Morgan fingerprint density at radius 3 is 2.07 bits per heavy atom. The van der Waals surface area contributed by atoms with Crippen LogP contribution in [0.3, 0.4) is 0 Å². The summed E-state index contributed by atoms with van der Waals surface area (Å²) in [5.41, 5.74) is 0.545. The lowest BCUT2D eigenvalue weighted by molar-refractivity contribution is -0.119. The molecule has 2 amide bonds. The predicted octanol–water partition coefficient (Wildman–Crippen LogP) is 1.87. The second kappa shape index (κ2) is 7.27. The highest BCUT2D eigenvalue weighted by Crippen LogP contribution is 2.38. The molecule has 0 atom stereocenters. The highest BCUT2D eigenvalue weighted by molar-refractivity contribution is 7.89. The van der Waals surface area contributed by atoms with Gasteiger partial charge in [0.2, 0.25) is 10.0 Å². The molecule has 0 radical (unpaired) electrons. The van der Waals surface area contributed by atoms with E-state index in [1.54, 1.807) is 12.1 Å². The van der Waals surface area contributed by atoms with E-state index in [-0.39, 0.29) is 21.2 Å². The third-order valence-electron chi connectivity index (χ3n) is 4.12. The van der Waals surface area contributed by atoms with Gasteiger partial charge in [0.05, 0.1) is 30.4 Å². The van der Waals surface area contributed by atoms with Crippen LogP contribution in [0, 0.1) is 0 Å². The molecule has 0 unspecified atom stereocenters. The summed E-state index contributed by atoms with van der Waals surface area (Å²) in [6.07, 6.45) is 0. The van der Waals surface area contributed by atoms with E-state index in [2.05, 4.69) is 0 Å². The number of nitrogens with zero attached hydrogens (tertiary/aromatic N) is 1. The molecule has 3 rings (SSSR count). The molecule has 1 aliphatic rings. The first kappa shape index (κ1) is 19.9. The maximum atomic E-state index is 12.9. The van der Waals surface area contributed by atoms with E-state index in [4.69, 9.17) is 26.2 Å². The van der Waals surface area contributed by atoms with Crippen LogP contribution < -0.4 is 19.5 Å². The number of nitrogens with two attached hydrogens (primary N) is 1. The minimum Gasteiger partial charge on any atom is -0.493 e. The summed E-state index contributed by atoms with van der Waals surface area (Å²) < 4.78 is 33.1. The monoisotopic (exact) mass is 422 g/mol. The maximum absolute atomic E-state index is 12.9. The van der Waals surface area contributed by atoms with Gasteiger partial charge >= 0.3 is 0 Å². The Kier molecular flexibility index (Phi) is 5.16. The third-order valence-corrected chi connectivity index (χ3v) is 5.40. The highest BCUT2D eigenvalue weighted by Gasteiger charge is 2.39. The van der Waals surface area contributed by atoms with Crippen molar-refractivity contribution in [2.75, 3.05) is 19.1 Å². The zero-order valence-electron chi connectivity index (χ0n) is 14.8. The van der Waals surface area contributed by atoms with Crippen LogP contribution in [-0.2, 0) is 19.6 Å². The summed E-state index contributed by atoms with van der Waals surface area (Å²) in [4.78, 5) is 26.2.